The zero-order chi connectivity index (χ0) is 24.3. The Labute approximate surface area is 200 Å². The number of urea groups is 1. The summed E-state index contributed by atoms with van der Waals surface area (Å²) in [6.07, 6.45) is 10.1. The summed E-state index contributed by atoms with van der Waals surface area (Å²) in [6.45, 7) is 1.50. The highest BCUT2D eigenvalue weighted by Crippen LogP contribution is 2.44. The Hall–Kier alpha value is -4.28. The minimum Gasteiger partial charge on any atom is -0.383 e. The molecule has 11 nitrogen and oxygen atoms in total. The Bertz CT molecular complexity index is 1430. The molecule has 0 spiro atoms. The predicted molar refractivity (Wildman–Crippen MR) is 128 cm³/mol. The Balaban J connectivity index is 1.44. The van der Waals surface area contributed by atoms with Crippen LogP contribution in [0.25, 0.3) is 28.3 Å². The fourth-order valence-electron chi connectivity index (χ4n) is 5.75. The molecule has 2 aliphatic heterocycles. The van der Waals surface area contributed by atoms with Gasteiger partial charge < -0.3 is 21.4 Å². The first-order valence-corrected chi connectivity index (χ1v) is 11.6. The number of carbonyl (C=O) groups is 2. The molecule has 2 bridgehead atoms. The summed E-state index contributed by atoms with van der Waals surface area (Å²) in [5.41, 5.74) is 16.1. The molecule has 2 amide bonds. The van der Waals surface area contributed by atoms with Gasteiger partial charge in [0.05, 0.1) is 17.5 Å². The van der Waals surface area contributed by atoms with E-state index in [0.717, 1.165) is 29.7 Å². The van der Waals surface area contributed by atoms with E-state index in [1.807, 2.05) is 12.1 Å². The van der Waals surface area contributed by atoms with Crippen molar-refractivity contribution >= 4 is 23.3 Å². The van der Waals surface area contributed by atoms with E-state index in [9.17, 15) is 9.59 Å². The first-order valence-electron chi connectivity index (χ1n) is 11.6. The van der Waals surface area contributed by atoms with E-state index < -0.39 is 0 Å². The van der Waals surface area contributed by atoms with Gasteiger partial charge in [0, 0.05) is 47.7 Å². The molecule has 2 saturated heterocycles. The summed E-state index contributed by atoms with van der Waals surface area (Å²) in [5.74, 6) is 0.798. The molecule has 3 atom stereocenters. The number of carbonyl (C=O) groups excluding carboxylic acids is 2. The molecule has 6 heterocycles. The number of piperidine rings is 1. The van der Waals surface area contributed by atoms with Gasteiger partial charge in [0.1, 0.15) is 11.5 Å². The van der Waals surface area contributed by atoms with Crippen molar-refractivity contribution in [1.29, 1.82) is 0 Å². The van der Waals surface area contributed by atoms with Crippen LogP contribution < -0.4 is 11.5 Å². The van der Waals surface area contributed by atoms with E-state index in [2.05, 4.69) is 20.1 Å². The second-order valence-electron chi connectivity index (χ2n) is 9.28. The third kappa shape index (κ3) is 3.34. The quantitative estimate of drug-likeness (QED) is 0.386. The van der Waals surface area contributed by atoms with E-state index in [1.165, 1.54) is 11.4 Å². The summed E-state index contributed by atoms with van der Waals surface area (Å²) in [5, 5.41) is 4.43. The van der Waals surface area contributed by atoms with E-state index in [-0.39, 0.29) is 35.6 Å². The van der Waals surface area contributed by atoms with Crippen molar-refractivity contribution in [1.82, 2.24) is 34.4 Å². The molecule has 0 radical (unpaired) electrons. The number of hydrogen-bond donors (Lipinski definition) is 3. The van der Waals surface area contributed by atoms with Crippen molar-refractivity contribution in [2.75, 3.05) is 5.73 Å². The number of hydrogen-bond acceptors (Lipinski definition) is 7. The maximum absolute atomic E-state index is 12.7. The van der Waals surface area contributed by atoms with E-state index in [0.29, 0.717) is 35.6 Å². The largest absolute Gasteiger partial charge is 0.383 e. The number of nitrogen functional groups attached to an aromatic ring is 1. The maximum atomic E-state index is 12.7. The number of nitrogens with zero attached hydrogens (tertiary/aromatic N) is 6. The number of nitrogens with one attached hydrogen (secondary N) is 1. The summed E-state index contributed by atoms with van der Waals surface area (Å²) in [6, 6.07) is 3.54. The lowest BCUT2D eigenvalue weighted by molar-refractivity contribution is 0.101. The molecule has 0 aliphatic carbocycles. The van der Waals surface area contributed by atoms with Crippen molar-refractivity contribution in [3.63, 3.8) is 0 Å². The second kappa shape index (κ2) is 7.90. The SMILES string of the molecule is CC(=O)c1c([C@H]2C[C@H]3CC[C@@H](C2)N3C(N)=O)nc2c(-c3ccc(-c4ncc[nH]4)nc3)cnn2c1N. The van der Waals surface area contributed by atoms with Crippen LogP contribution in [0.15, 0.2) is 36.9 Å². The number of rotatable bonds is 4. The molecule has 5 N–H and O–H groups in total. The Morgan fingerprint density at radius 2 is 1.89 bits per heavy atom. The number of amides is 2. The molecule has 4 aromatic heterocycles. The smallest absolute Gasteiger partial charge is 0.315 e. The number of imidazole rings is 1. The maximum Gasteiger partial charge on any atom is 0.315 e. The fourth-order valence-corrected chi connectivity index (χ4v) is 5.75. The lowest BCUT2D eigenvalue weighted by Crippen LogP contribution is -2.48. The summed E-state index contributed by atoms with van der Waals surface area (Å²) in [7, 11) is 0. The van der Waals surface area contributed by atoms with Crippen LogP contribution in [0, 0.1) is 0 Å². The highest BCUT2D eigenvalue weighted by molar-refractivity contribution is 6.00. The van der Waals surface area contributed by atoms with E-state index in [1.54, 1.807) is 29.7 Å². The number of primary amides is 1. The molecule has 0 saturated carbocycles. The Morgan fingerprint density at radius 1 is 1.11 bits per heavy atom. The van der Waals surface area contributed by atoms with Crippen LogP contribution >= 0.6 is 0 Å². The number of pyridine rings is 1. The molecule has 0 aromatic carbocycles. The van der Waals surface area contributed by atoms with Crippen LogP contribution in [0.2, 0.25) is 0 Å². The Morgan fingerprint density at radius 3 is 2.49 bits per heavy atom. The van der Waals surface area contributed by atoms with Crippen LogP contribution in [0.5, 0.6) is 0 Å². The molecule has 0 unspecified atom stereocenters. The van der Waals surface area contributed by atoms with Gasteiger partial charge in [0.2, 0.25) is 0 Å². The third-order valence-corrected chi connectivity index (χ3v) is 7.25. The molecule has 35 heavy (non-hydrogen) atoms. The average Bonchev–Trinajstić information content (AvgIpc) is 3.57. The van der Waals surface area contributed by atoms with Gasteiger partial charge in [-0.3, -0.25) is 9.78 Å². The van der Waals surface area contributed by atoms with E-state index >= 15 is 0 Å². The molecule has 2 aliphatic rings. The molecule has 6 rings (SSSR count). The van der Waals surface area contributed by atoms with Gasteiger partial charge in [-0.25, -0.2) is 14.8 Å². The number of H-pyrrole nitrogens is 1. The number of nitrogens with two attached hydrogens (primary N) is 2. The van der Waals surface area contributed by atoms with Gasteiger partial charge >= 0.3 is 6.03 Å². The number of Topliss-reactive ketones (excluding diaryl/α,β-unsaturated/α-hetero) is 1. The van der Waals surface area contributed by atoms with Crippen LogP contribution in [-0.2, 0) is 0 Å². The fraction of sp³-hybridized carbons (Fsp3) is 0.333. The van der Waals surface area contributed by atoms with Crippen molar-refractivity contribution < 1.29 is 9.59 Å². The Kier molecular flexibility index (Phi) is 4.80. The standard InChI is InChI=1S/C24H25N9O2/c1-12(34)19-20(14-8-15-3-4-16(9-14)32(15)24(26)35)31-23-17(11-30-33(23)21(19)25)13-2-5-18(29-10-13)22-27-6-7-28-22/h2,5-7,10-11,14-16H,3-4,8-9,25H2,1H3,(H2,26,35)(H,27,28)/t14-,15+,16-. The summed E-state index contributed by atoms with van der Waals surface area (Å²) < 4.78 is 1.52. The van der Waals surface area contributed by atoms with Crippen LogP contribution in [0.3, 0.4) is 0 Å². The van der Waals surface area contributed by atoms with Gasteiger partial charge in [-0.2, -0.15) is 9.61 Å². The molecule has 4 aromatic rings. The topological polar surface area (TPSA) is 161 Å². The first kappa shape index (κ1) is 21.3. The first-order chi connectivity index (χ1) is 16.9. The number of ketones is 1. The van der Waals surface area contributed by atoms with Crippen molar-refractivity contribution in [2.45, 2.75) is 50.6 Å². The van der Waals surface area contributed by atoms with Gasteiger partial charge in [-0.1, -0.05) is 6.07 Å². The van der Waals surface area contributed by atoms with Crippen molar-refractivity contribution in [2.24, 2.45) is 5.73 Å². The molecular weight excluding hydrogens is 446 g/mol. The van der Waals surface area contributed by atoms with Gasteiger partial charge in [-0.05, 0) is 38.7 Å². The lowest BCUT2D eigenvalue weighted by atomic mass is 9.85. The zero-order valence-electron chi connectivity index (χ0n) is 19.2. The van der Waals surface area contributed by atoms with E-state index in [4.69, 9.17) is 16.5 Å². The molecule has 11 heteroatoms. The third-order valence-electron chi connectivity index (χ3n) is 7.25. The normalized spacial score (nSPS) is 21.5. The molecule has 2 fully saturated rings. The summed E-state index contributed by atoms with van der Waals surface area (Å²) >= 11 is 0. The molecule has 178 valence electrons. The minimum absolute atomic E-state index is 0.00324. The van der Waals surface area contributed by atoms with Gasteiger partial charge in [0.15, 0.2) is 17.3 Å². The van der Waals surface area contributed by atoms with Crippen LogP contribution in [0.1, 0.15) is 54.6 Å². The highest BCUT2D eigenvalue weighted by atomic mass is 16.2. The summed E-state index contributed by atoms with van der Waals surface area (Å²) in [4.78, 5) is 43.2. The van der Waals surface area contributed by atoms with Crippen molar-refractivity contribution in [3.05, 3.63) is 48.2 Å². The van der Waals surface area contributed by atoms with Crippen LogP contribution in [0.4, 0.5) is 10.6 Å². The number of aromatic amines is 1. The molecular formula is C24H25N9O2. The van der Waals surface area contributed by atoms with Crippen molar-refractivity contribution in [3.8, 4) is 22.6 Å². The second-order valence-corrected chi connectivity index (χ2v) is 9.28. The minimum atomic E-state index is -0.380. The van der Waals surface area contributed by atoms with Gasteiger partial charge in [-0.15, -0.1) is 0 Å². The average molecular weight is 472 g/mol. The highest BCUT2D eigenvalue weighted by Gasteiger charge is 2.44. The number of aromatic nitrogens is 6. The number of anilines is 1. The van der Waals surface area contributed by atoms with Gasteiger partial charge in [0.25, 0.3) is 0 Å². The number of fused-ring (bicyclic) bond motifs is 3. The predicted octanol–water partition coefficient (Wildman–Crippen LogP) is 2.76. The van der Waals surface area contributed by atoms with Crippen LogP contribution in [-0.4, -0.2) is 58.3 Å². The zero-order valence-corrected chi connectivity index (χ0v) is 19.2. The lowest BCUT2D eigenvalue weighted by Gasteiger charge is -2.38. The monoisotopic (exact) mass is 471 g/mol.